The molecule has 2 N–H and O–H groups in total. The van der Waals surface area contributed by atoms with Crippen LogP contribution in [0.15, 0.2) is 72.0 Å². The number of benzene rings is 2. The Balaban J connectivity index is 1.49. The van der Waals surface area contributed by atoms with E-state index in [4.69, 9.17) is 5.10 Å². The molecule has 2 amide bonds. The molecule has 7 heteroatoms. The third-order valence-electron chi connectivity index (χ3n) is 5.66. The maximum atomic E-state index is 12.1. The second-order valence-corrected chi connectivity index (χ2v) is 8.52. The van der Waals surface area contributed by atoms with Crippen LogP contribution in [0.4, 0.5) is 0 Å². The maximum absolute atomic E-state index is 12.1. The number of hydrogen-bond acceptors (Lipinski definition) is 4. The minimum absolute atomic E-state index is 0.0957. The van der Waals surface area contributed by atoms with Crippen LogP contribution in [0.25, 0.3) is 16.9 Å². The summed E-state index contributed by atoms with van der Waals surface area (Å²) in [4.78, 5) is 24.1. The van der Waals surface area contributed by atoms with Gasteiger partial charge >= 0.3 is 0 Å². The van der Waals surface area contributed by atoms with E-state index in [1.165, 1.54) is 25.7 Å². The molecule has 0 spiro atoms. The van der Waals surface area contributed by atoms with Gasteiger partial charge in [-0.3, -0.25) is 9.59 Å². The summed E-state index contributed by atoms with van der Waals surface area (Å²) in [5.41, 5.74) is 5.89. The lowest BCUT2D eigenvalue weighted by Crippen LogP contribution is -2.34. The molecule has 2 aromatic carbocycles. The third-order valence-corrected chi connectivity index (χ3v) is 5.66. The fourth-order valence-electron chi connectivity index (χ4n) is 3.74. The van der Waals surface area contributed by atoms with Crippen LogP contribution in [-0.2, 0) is 9.59 Å². The number of rotatable bonds is 14. The zero-order valence-electron chi connectivity index (χ0n) is 20.5. The second kappa shape index (κ2) is 14.5. The van der Waals surface area contributed by atoms with Crippen LogP contribution in [0, 0.1) is 0 Å². The predicted octanol–water partition coefficient (Wildman–Crippen LogP) is 5.25. The van der Waals surface area contributed by atoms with Crippen molar-refractivity contribution in [1.82, 2.24) is 20.5 Å². The average Bonchev–Trinajstić information content (AvgIpc) is 3.32. The summed E-state index contributed by atoms with van der Waals surface area (Å²) in [6.45, 7) is 2.11. The smallest absolute Gasteiger partial charge is 0.259 e. The molecule has 0 aliphatic rings. The zero-order chi connectivity index (χ0) is 24.7. The molecular weight excluding hydrogens is 438 g/mol. The lowest BCUT2D eigenvalue weighted by molar-refractivity contribution is -0.126. The van der Waals surface area contributed by atoms with E-state index < -0.39 is 0 Å². The molecule has 0 bridgehead atoms. The first kappa shape index (κ1) is 25.9. The molecule has 1 heterocycles. The van der Waals surface area contributed by atoms with Crippen LogP contribution in [0.3, 0.4) is 0 Å². The van der Waals surface area contributed by atoms with E-state index >= 15 is 0 Å². The highest BCUT2D eigenvalue weighted by molar-refractivity contribution is 5.90. The fourth-order valence-corrected chi connectivity index (χ4v) is 3.74. The van der Waals surface area contributed by atoms with Crippen molar-refractivity contribution in [1.29, 1.82) is 0 Å². The van der Waals surface area contributed by atoms with Gasteiger partial charge in [0, 0.05) is 23.7 Å². The lowest BCUT2D eigenvalue weighted by Gasteiger charge is -2.04. The summed E-state index contributed by atoms with van der Waals surface area (Å²) >= 11 is 0. The first-order chi connectivity index (χ1) is 17.2. The van der Waals surface area contributed by atoms with Gasteiger partial charge in [-0.05, 0) is 18.6 Å². The quantitative estimate of drug-likeness (QED) is 0.190. The summed E-state index contributed by atoms with van der Waals surface area (Å²) in [5, 5.41) is 11.5. The van der Waals surface area contributed by atoms with Crippen LogP contribution in [-0.4, -0.2) is 34.4 Å². The Morgan fingerprint density at radius 1 is 0.886 bits per heavy atom. The van der Waals surface area contributed by atoms with E-state index in [0.29, 0.717) is 6.42 Å². The van der Waals surface area contributed by atoms with Crippen LogP contribution >= 0.6 is 0 Å². The van der Waals surface area contributed by atoms with Crippen molar-refractivity contribution in [2.24, 2.45) is 5.10 Å². The number of aromatic nitrogens is 2. The van der Waals surface area contributed by atoms with Crippen molar-refractivity contribution in [2.45, 2.75) is 58.3 Å². The number of nitrogens with zero attached hydrogens (tertiary/aromatic N) is 3. The van der Waals surface area contributed by atoms with E-state index in [9.17, 15) is 9.59 Å². The number of carbonyl (C=O) groups is 2. The molecule has 3 rings (SSSR count). The van der Waals surface area contributed by atoms with Crippen LogP contribution in [0.2, 0.25) is 0 Å². The largest absolute Gasteiger partial charge is 0.347 e. The standard InChI is InChI=1S/C28H35N5O2/c1-2-3-4-5-6-7-14-19-26(34)29-21-27(35)31-30-20-24-22-33(25-17-12-9-13-18-25)32-28(24)23-15-10-8-11-16-23/h8-13,15-18,20,22H,2-7,14,19,21H2,1H3,(H,29,34)(H,31,35)/b30-20+. The Labute approximate surface area is 207 Å². The first-order valence-corrected chi connectivity index (χ1v) is 12.5. The van der Waals surface area contributed by atoms with Gasteiger partial charge in [0.1, 0.15) is 5.69 Å². The van der Waals surface area contributed by atoms with Gasteiger partial charge in [0.05, 0.1) is 18.4 Å². The van der Waals surface area contributed by atoms with E-state index in [1.54, 1.807) is 10.9 Å². The molecule has 0 saturated heterocycles. The SMILES string of the molecule is CCCCCCCCCC(=O)NCC(=O)N/N=C/c1cn(-c2ccccc2)nc1-c1ccccc1. The molecule has 0 saturated carbocycles. The van der Waals surface area contributed by atoms with Crippen molar-refractivity contribution in [3.05, 3.63) is 72.4 Å². The number of para-hydroxylation sites is 1. The van der Waals surface area contributed by atoms with E-state index in [0.717, 1.165) is 41.8 Å². The highest BCUT2D eigenvalue weighted by Gasteiger charge is 2.11. The Hall–Kier alpha value is -3.74. The number of amides is 2. The van der Waals surface area contributed by atoms with Gasteiger partial charge in [0.15, 0.2) is 0 Å². The van der Waals surface area contributed by atoms with Gasteiger partial charge in [-0.2, -0.15) is 10.2 Å². The third kappa shape index (κ3) is 8.85. The molecule has 35 heavy (non-hydrogen) atoms. The van der Waals surface area contributed by atoms with Gasteiger partial charge in [0.25, 0.3) is 5.91 Å². The summed E-state index contributed by atoms with van der Waals surface area (Å²) in [5.74, 6) is -0.473. The minimum atomic E-state index is -0.370. The second-order valence-electron chi connectivity index (χ2n) is 8.52. The van der Waals surface area contributed by atoms with Crippen molar-refractivity contribution in [3.63, 3.8) is 0 Å². The highest BCUT2D eigenvalue weighted by Crippen LogP contribution is 2.22. The van der Waals surface area contributed by atoms with Gasteiger partial charge in [-0.15, -0.1) is 0 Å². The van der Waals surface area contributed by atoms with Crippen LogP contribution < -0.4 is 10.7 Å². The van der Waals surface area contributed by atoms with Gasteiger partial charge in [-0.1, -0.05) is 94.0 Å². The van der Waals surface area contributed by atoms with Gasteiger partial charge < -0.3 is 5.32 Å². The number of hydrazone groups is 1. The molecule has 3 aromatic rings. The molecule has 0 unspecified atom stereocenters. The summed E-state index contributed by atoms with van der Waals surface area (Å²) in [7, 11) is 0. The molecule has 0 aliphatic heterocycles. The lowest BCUT2D eigenvalue weighted by atomic mass is 10.1. The van der Waals surface area contributed by atoms with E-state index in [2.05, 4.69) is 22.8 Å². The average molecular weight is 474 g/mol. The monoisotopic (exact) mass is 473 g/mol. The Kier molecular flexibility index (Phi) is 10.7. The first-order valence-electron chi connectivity index (χ1n) is 12.5. The molecule has 0 radical (unpaired) electrons. The Bertz CT molecular complexity index is 1080. The minimum Gasteiger partial charge on any atom is -0.347 e. The predicted molar refractivity (Wildman–Crippen MR) is 140 cm³/mol. The van der Waals surface area contributed by atoms with E-state index in [1.807, 2.05) is 66.9 Å². The van der Waals surface area contributed by atoms with Crippen molar-refractivity contribution in [2.75, 3.05) is 6.54 Å². The molecule has 0 atom stereocenters. The number of hydrogen-bond donors (Lipinski definition) is 2. The Morgan fingerprint density at radius 2 is 1.54 bits per heavy atom. The number of unbranched alkanes of at least 4 members (excludes halogenated alkanes) is 6. The van der Waals surface area contributed by atoms with Gasteiger partial charge in [-0.25, -0.2) is 10.1 Å². The highest BCUT2D eigenvalue weighted by atomic mass is 16.2. The molecular formula is C28H35N5O2. The number of nitrogens with one attached hydrogen (secondary N) is 2. The topological polar surface area (TPSA) is 88.4 Å². The van der Waals surface area contributed by atoms with E-state index in [-0.39, 0.29) is 18.4 Å². The Morgan fingerprint density at radius 3 is 2.26 bits per heavy atom. The van der Waals surface area contributed by atoms with Gasteiger partial charge in [0.2, 0.25) is 5.91 Å². The summed E-state index contributed by atoms with van der Waals surface area (Å²) in [6, 6.07) is 19.6. The molecule has 1 aromatic heterocycles. The van der Waals surface area contributed by atoms with Crippen LogP contribution in [0.5, 0.6) is 0 Å². The molecule has 7 nitrogen and oxygen atoms in total. The molecule has 184 valence electrons. The fraction of sp³-hybridized carbons (Fsp3) is 0.357. The molecule has 0 fully saturated rings. The maximum Gasteiger partial charge on any atom is 0.259 e. The van der Waals surface area contributed by atoms with Crippen molar-refractivity contribution < 1.29 is 9.59 Å². The van der Waals surface area contributed by atoms with Crippen molar-refractivity contribution >= 4 is 18.0 Å². The summed E-state index contributed by atoms with van der Waals surface area (Å²) < 4.78 is 1.79. The summed E-state index contributed by atoms with van der Waals surface area (Å²) in [6.07, 6.45) is 12.0. The zero-order valence-corrected chi connectivity index (χ0v) is 20.5. The molecule has 0 aliphatic carbocycles. The van der Waals surface area contributed by atoms with Crippen molar-refractivity contribution in [3.8, 4) is 16.9 Å². The van der Waals surface area contributed by atoms with Crippen LogP contribution in [0.1, 0.15) is 63.9 Å². The normalized spacial score (nSPS) is 11.0. The number of carbonyl (C=O) groups excluding carboxylic acids is 2.